The van der Waals surface area contributed by atoms with Crippen molar-refractivity contribution in [2.24, 2.45) is 17.6 Å². The Balaban J connectivity index is 3.47. The molecule has 0 saturated carbocycles. The smallest absolute Gasteiger partial charge is 0.00747 e. The predicted octanol–water partition coefficient (Wildman–Crippen LogP) is 2.96. The molecular formula is C11H23N. The maximum atomic E-state index is 5.47. The first-order valence-corrected chi connectivity index (χ1v) is 4.95. The van der Waals surface area contributed by atoms with E-state index in [4.69, 9.17) is 5.73 Å². The molecule has 0 amide bonds. The van der Waals surface area contributed by atoms with E-state index in [-0.39, 0.29) is 0 Å². The minimum atomic E-state index is 0.634. The van der Waals surface area contributed by atoms with Crippen LogP contribution in [0.15, 0.2) is 12.2 Å². The third-order valence-electron chi connectivity index (χ3n) is 2.43. The van der Waals surface area contributed by atoms with Crippen LogP contribution in [0.4, 0.5) is 0 Å². The lowest BCUT2D eigenvalue weighted by Gasteiger charge is -2.13. The fourth-order valence-corrected chi connectivity index (χ4v) is 1.15. The zero-order valence-corrected chi connectivity index (χ0v) is 8.77. The molecule has 0 aromatic heterocycles. The largest absolute Gasteiger partial charge is 0.330 e. The summed E-state index contributed by atoms with van der Waals surface area (Å²) in [6.07, 6.45) is 3.55. The van der Waals surface area contributed by atoms with Crippen LogP contribution in [0.2, 0.25) is 0 Å². The summed E-state index contributed by atoms with van der Waals surface area (Å²) in [5.74, 6) is 1.39. The Morgan fingerprint density at radius 2 is 1.83 bits per heavy atom. The maximum Gasteiger partial charge on any atom is -0.00747 e. The molecule has 1 heteroatoms. The lowest BCUT2D eigenvalue weighted by Crippen LogP contribution is -2.06. The van der Waals surface area contributed by atoms with Crippen LogP contribution in [-0.2, 0) is 0 Å². The Hall–Kier alpha value is -0.300. The highest BCUT2D eigenvalue weighted by Crippen LogP contribution is 2.18. The summed E-state index contributed by atoms with van der Waals surface area (Å²) in [5, 5.41) is 0. The predicted molar refractivity (Wildman–Crippen MR) is 56.0 cm³/mol. The molecule has 12 heavy (non-hydrogen) atoms. The molecule has 0 heterocycles. The van der Waals surface area contributed by atoms with Crippen LogP contribution in [0.25, 0.3) is 0 Å². The van der Waals surface area contributed by atoms with Crippen LogP contribution in [0.3, 0.4) is 0 Å². The molecule has 0 aliphatic carbocycles. The third kappa shape index (κ3) is 5.36. The molecule has 0 aliphatic heterocycles. The van der Waals surface area contributed by atoms with Crippen molar-refractivity contribution < 1.29 is 0 Å². The molecular weight excluding hydrogens is 146 g/mol. The Bertz CT molecular complexity index is 127. The van der Waals surface area contributed by atoms with Crippen LogP contribution in [0.1, 0.15) is 40.0 Å². The quantitative estimate of drug-likeness (QED) is 0.608. The zero-order valence-electron chi connectivity index (χ0n) is 8.77. The van der Waals surface area contributed by atoms with E-state index in [1.807, 2.05) is 0 Å². The molecule has 1 atom stereocenters. The summed E-state index contributed by atoms with van der Waals surface area (Å²) in [4.78, 5) is 0. The van der Waals surface area contributed by atoms with E-state index in [0.717, 1.165) is 18.9 Å². The van der Waals surface area contributed by atoms with Crippen molar-refractivity contribution in [2.45, 2.75) is 40.0 Å². The number of allylic oxidation sites excluding steroid dienone is 1. The van der Waals surface area contributed by atoms with Gasteiger partial charge in [-0.05, 0) is 37.6 Å². The first kappa shape index (κ1) is 11.7. The van der Waals surface area contributed by atoms with E-state index in [0.29, 0.717) is 5.92 Å². The highest BCUT2D eigenvalue weighted by atomic mass is 14.5. The SMILES string of the molecule is C=C(CC[C@@H](C)CCN)C(C)C. The zero-order chi connectivity index (χ0) is 9.56. The van der Waals surface area contributed by atoms with Crippen LogP contribution in [0, 0.1) is 11.8 Å². The van der Waals surface area contributed by atoms with E-state index in [1.165, 1.54) is 18.4 Å². The molecule has 0 aliphatic rings. The average Bonchev–Trinajstić information content (AvgIpc) is 2.00. The topological polar surface area (TPSA) is 26.0 Å². The summed E-state index contributed by atoms with van der Waals surface area (Å²) in [6, 6.07) is 0. The van der Waals surface area contributed by atoms with Gasteiger partial charge in [-0.25, -0.2) is 0 Å². The fraction of sp³-hybridized carbons (Fsp3) is 0.818. The number of hydrogen-bond acceptors (Lipinski definition) is 1. The molecule has 0 aromatic rings. The number of hydrogen-bond donors (Lipinski definition) is 1. The Morgan fingerprint density at radius 3 is 2.25 bits per heavy atom. The first-order valence-electron chi connectivity index (χ1n) is 4.95. The van der Waals surface area contributed by atoms with Crippen molar-refractivity contribution in [1.29, 1.82) is 0 Å². The van der Waals surface area contributed by atoms with Crippen LogP contribution >= 0.6 is 0 Å². The van der Waals surface area contributed by atoms with Gasteiger partial charge >= 0.3 is 0 Å². The molecule has 0 rings (SSSR count). The van der Waals surface area contributed by atoms with Crippen LogP contribution in [0.5, 0.6) is 0 Å². The highest BCUT2D eigenvalue weighted by molar-refractivity contribution is 4.97. The molecule has 72 valence electrons. The second-order valence-electron chi connectivity index (χ2n) is 4.03. The highest BCUT2D eigenvalue weighted by Gasteiger charge is 2.04. The lowest BCUT2D eigenvalue weighted by atomic mass is 9.94. The fourth-order valence-electron chi connectivity index (χ4n) is 1.15. The van der Waals surface area contributed by atoms with E-state index in [1.54, 1.807) is 0 Å². The van der Waals surface area contributed by atoms with E-state index >= 15 is 0 Å². The maximum absolute atomic E-state index is 5.47. The molecule has 0 spiro atoms. The lowest BCUT2D eigenvalue weighted by molar-refractivity contribution is 0.488. The summed E-state index contributed by atoms with van der Waals surface area (Å²) in [7, 11) is 0. The summed E-state index contributed by atoms with van der Waals surface area (Å²) in [5.41, 5.74) is 6.85. The molecule has 0 bridgehead atoms. The van der Waals surface area contributed by atoms with Crippen molar-refractivity contribution in [2.75, 3.05) is 6.54 Å². The Labute approximate surface area is 77.0 Å². The van der Waals surface area contributed by atoms with Gasteiger partial charge in [0.25, 0.3) is 0 Å². The summed E-state index contributed by atoms with van der Waals surface area (Å²) < 4.78 is 0. The van der Waals surface area contributed by atoms with E-state index < -0.39 is 0 Å². The van der Waals surface area contributed by atoms with Gasteiger partial charge in [0.1, 0.15) is 0 Å². The average molecular weight is 169 g/mol. The second-order valence-corrected chi connectivity index (χ2v) is 4.03. The molecule has 0 aromatic carbocycles. The van der Waals surface area contributed by atoms with Gasteiger partial charge in [0, 0.05) is 0 Å². The van der Waals surface area contributed by atoms with Gasteiger partial charge in [0.2, 0.25) is 0 Å². The molecule has 2 N–H and O–H groups in total. The molecule has 0 radical (unpaired) electrons. The van der Waals surface area contributed by atoms with Crippen molar-refractivity contribution >= 4 is 0 Å². The molecule has 0 fully saturated rings. The van der Waals surface area contributed by atoms with Gasteiger partial charge in [-0.15, -0.1) is 0 Å². The molecule has 0 unspecified atom stereocenters. The first-order chi connectivity index (χ1) is 5.57. The summed E-state index contributed by atoms with van der Waals surface area (Å²) >= 11 is 0. The second kappa shape index (κ2) is 6.24. The van der Waals surface area contributed by atoms with Gasteiger partial charge in [-0.1, -0.05) is 32.9 Å². The minimum Gasteiger partial charge on any atom is -0.330 e. The van der Waals surface area contributed by atoms with Crippen molar-refractivity contribution in [1.82, 2.24) is 0 Å². The summed E-state index contributed by atoms with van der Waals surface area (Å²) in [6.45, 7) is 11.5. The van der Waals surface area contributed by atoms with Gasteiger partial charge in [-0.2, -0.15) is 0 Å². The Kier molecular flexibility index (Phi) is 6.09. The standard InChI is InChI=1S/C11H23N/c1-9(2)11(4)6-5-10(3)7-8-12/h9-10H,4-8,12H2,1-3H3/t10-/m1/s1. The minimum absolute atomic E-state index is 0.634. The molecule has 0 saturated heterocycles. The number of nitrogens with two attached hydrogens (primary N) is 1. The Morgan fingerprint density at radius 1 is 1.25 bits per heavy atom. The number of rotatable bonds is 6. The monoisotopic (exact) mass is 169 g/mol. The van der Waals surface area contributed by atoms with Crippen LogP contribution < -0.4 is 5.73 Å². The van der Waals surface area contributed by atoms with Gasteiger partial charge in [0.15, 0.2) is 0 Å². The van der Waals surface area contributed by atoms with E-state index in [2.05, 4.69) is 27.4 Å². The van der Waals surface area contributed by atoms with Crippen molar-refractivity contribution in [3.63, 3.8) is 0 Å². The normalized spacial score (nSPS) is 13.4. The van der Waals surface area contributed by atoms with E-state index in [9.17, 15) is 0 Å². The van der Waals surface area contributed by atoms with Crippen molar-refractivity contribution in [3.8, 4) is 0 Å². The van der Waals surface area contributed by atoms with Gasteiger partial charge < -0.3 is 5.73 Å². The van der Waals surface area contributed by atoms with Crippen molar-refractivity contribution in [3.05, 3.63) is 12.2 Å². The van der Waals surface area contributed by atoms with Gasteiger partial charge in [0.05, 0.1) is 0 Å². The van der Waals surface area contributed by atoms with Crippen LogP contribution in [-0.4, -0.2) is 6.54 Å². The third-order valence-corrected chi connectivity index (χ3v) is 2.43. The molecule has 1 nitrogen and oxygen atoms in total. The van der Waals surface area contributed by atoms with Gasteiger partial charge in [-0.3, -0.25) is 0 Å².